The maximum Gasteiger partial charge on any atom is 0.258 e. The maximum atomic E-state index is 12.7. The quantitative estimate of drug-likeness (QED) is 0.748. The molecule has 1 aliphatic heterocycles. The Labute approximate surface area is 175 Å². The van der Waals surface area contributed by atoms with Crippen LogP contribution in [-0.2, 0) is 4.79 Å². The zero-order valence-corrected chi connectivity index (χ0v) is 17.1. The summed E-state index contributed by atoms with van der Waals surface area (Å²) in [6, 6.07) is 10.3. The molecule has 0 atom stereocenters. The van der Waals surface area contributed by atoms with Gasteiger partial charge in [0.15, 0.2) is 0 Å². The first-order chi connectivity index (χ1) is 14.4. The van der Waals surface area contributed by atoms with Crippen molar-refractivity contribution in [2.75, 3.05) is 38.5 Å². The number of nitrogens with zero attached hydrogens (tertiary/aromatic N) is 4. The van der Waals surface area contributed by atoms with Crippen molar-refractivity contribution in [3.8, 4) is 6.07 Å². The van der Waals surface area contributed by atoms with E-state index in [9.17, 15) is 9.59 Å². The number of amides is 2. The van der Waals surface area contributed by atoms with Crippen molar-refractivity contribution in [2.45, 2.75) is 6.92 Å². The van der Waals surface area contributed by atoms with E-state index in [4.69, 9.17) is 11.0 Å². The van der Waals surface area contributed by atoms with Crippen molar-refractivity contribution in [1.29, 1.82) is 5.26 Å². The number of carbonyl (C=O) groups is 2. The van der Waals surface area contributed by atoms with Crippen LogP contribution in [0.3, 0.4) is 0 Å². The van der Waals surface area contributed by atoms with Crippen molar-refractivity contribution in [2.24, 2.45) is 5.73 Å². The monoisotopic (exact) mass is 404 g/mol. The molecule has 0 aliphatic carbocycles. The highest BCUT2D eigenvalue weighted by molar-refractivity contribution is 6.25. The first-order valence-electron chi connectivity index (χ1n) is 9.61. The Bertz CT molecular complexity index is 1010. The molecular formula is C22H24N6O2. The molecule has 0 spiro atoms. The zero-order valence-electron chi connectivity index (χ0n) is 17.1. The molecule has 0 radical (unpaired) electrons. The van der Waals surface area contributed by atoms with Crippen molar-refractivity contribution in [3.05, 3.63) is 65.0 Å². The smallest absolute Gasteiger partial charge is 0.258 e. The topological polar surface area (TPSA) is 115 Å². The van der Waals surface area contributed by atoms with Gasteiger partial charge in [-0.05, 0) is 49.4 Å². The predicted molar refractivity (Wildman–Crippen MR) is 114 cm³/mol. The largest absolute Gasteiger partial charge is 0.404 e. The van der Waals surface area contributed by atoms with E-state index >= 15 is 0 Å². The van der Waals surface area contributed by atoms with Gasteiger partial charge in [0.1, 0.15) is 5.82 Å². The van der Waals surface area contributed by atoms with Crippen LogP contribution in [0.4, 0.5) is 5.82 Å². The minimum Gasteiger partial charge on any atom is -0.404 e. The molecule has 8 heteroatoms. The van der Waals surface area contributed by atoms with E-state index in [0.29, 0.717) is 35.6 Å². The van der Waals surface area contributed by atoms with Gasteiger partial charge in [-0.3, -0.25) is 9.59 Å². The Morgan fingerprint density at radius 3 is 2.50 bits per heavy atom. The van der Waals surface area contributed by atoms with Gasteiger partial charge in [-0.25, -0.2) is 4.98 Å². The lowest BCUT2D eigenvalue weighted by molar-refractivity contribution is -0.111. The number of aryl methyl sites for hydroxylation is 1. The van der Waals surface area contributed by atoms with Crippen LogP contribution in [0.15, 0.2) is 42.7 Å². The Morgan fingerprint density at radius 2 is 1.93 bits per heavy atom. The molecule has 3 rings (SSSR count). The third-order valence-corrected chi connectivity index (χ3v) is 5.10. The van der Waals surface area contributed by atoms with Gasteiger partial charge in [0.05, 0.1) is 22.8 Å². The number of likely N-dealkylation sites (N-methyl/N-ethyl adjacent to an activating group) is 1. The zero-order chi connectivity index (χ0) is 21.7. The molecular weight excluding hydrogens is 380 g/mol. The number of aromatic nitrogens is 1. The van der Waals surface area contributed by atoms with Gasteiger partial charge < -0.3 is 20.9 Å². The second-order valence-electron chi connectivity index (χ2n) is 7.20. The lowest BCUT2D eigenvalue weighted by Gasteiger charge is -2.32. The molecule has 0 saturated carbocycles. The van der Waals surface area contributed by atoms with Crippen LogP contribution in [0.25, 0.3) is 5.57 Å². The van der Waals surface area contributed by atoms with Crippen LogP contribution >= 0.6 is 0 Å². The number of hydrogen-bond acceptors (Lipinski definition) is 6. The molecule has 8 nitrogen and oxygen atoms in total. The highest BCUT2D eigenvalue weighted by atomic mass is 16.2. The van der Waals surface area contributed by atoms with E-state index in [0.717, 1.165) is 18.7 Å². The molecule has 30 heavy (non-hydrogen) atoms. The van der Waals surface area contributed by atoms with E-state index in [1.54, 1.807) is 35.2 Å². The Hall–Kier alpha value is -3.70. The summed E-state index contributed by atoms with van der Waals surface area (Å²) < 4.78 is 0. The molecule has 2 amide bonds. The fourth-order valence-electron chi connectivity index (χ4n) is 3.29. The second-order valence-corrected chi connectivity index (χ2v) is 7.20. The molecule has 0 unspecified atom stereocenters. The third-order valence-electron chi connectivity index (χ3n) is 5.10. The Kier molecular flexibility index (Phi) is 6.45. The Balaban J connectivity index is 1.69. The van der Waals surface area contributed by atoms with Crippen LogP contribution in [0, 0.1) is 18.3 Å². The van der Waals surface area contributed by atoms with Crippen LogP contribution < -0.4 is 11.1 Å². The van der Waals surface area contributed by atoms with E-state index in [2.05, 4.69) is 21.3 Å². The number of anilines is 1. The van der Waals surface area contributed by atoms with Gasteiger partial charge in [0.25, 0.3) is 11.8 Å². The lowest BCUT2D eigenvalue weighted by atomic mass is 9.98. The summed E-state index contributed by atoms with van der Waals surface area (Å²) in [7, 11) is 2.03. The first kappa shape index (κ1) is 21.0. The van der Waals surface area contributed by atoms with Gasteiger partial charge in [0, 0.05) is 38.6 Å². The van der Waals surface area contributed by atoms with Crippen LogP contribution in [0.1, 0.15) is 27.0 Å². The number of hydrogen-bond donors (Lipinski definition) is 2. The lowest BCUT2D eigenvalue weighted by Crippen LogP contribution is -2.47. The molecule has 154 valence electrons. The minimum absolute atomic E-state index is 0.0655. The standard InChI is InChI=1S/C22H24N6O2/c1-15-11-16(12-23)3-5-18(15)19(13-24)21(29)26-20-6-4-17(14-25-20)22(30)28-9-7-27(2)8-10-28/h3-6,11,13-14H,7-10,24H2,1-2H3,(H,25,26,29). The van der Waals surface area contributed by atoms with E-state index in [1.165, 1.54) is 12.4 Å². The number of carbonyl (C=O) groups excluding carboxylic acids is 2. The van der Waals surface area contributed by atoms with Crippen LogP contribution in [-0.4, -0.2) is 59.8 Å². The SMILES string of the molecule is Cc1cc(C#N)ccc1C(=CN)C(=O)Nc1ccc(C(=O)N2CCN(C)CC2)cn1. The number of pyridine rings is 1. The van der Waals surface area contributed by atoms with Crippen molar-refractivity contribution in [3.63, 3.8) is 0 Å². The molecule has 1 aliphatic rings. The molecule has 1 aromatic carbocycles. The number of nitrogens with one attached hydrogen (secondary N) is 1. The number of rotatable bonds is 4. The molecule has 2 heterocycles. The number of piperazine rings is 1. The summed E-state index contributed by atoms with van der Waals surface area (Å²) in [5, 5.41) is 11.7. The van der Waals surface area contributed by atoms with Crippen molar-refractivity contribution >= 4 is 23.2 Å². The average Bonchev–Trinajstić information content (AvgIpc) is 2.76. The van der Waals surface area contributed by atoms with Gasteiger partial charge in [-0.15, -0.1) is 0 Å². The summed E-state index contributed by atoms with van der Waals surface area (Å²) in [4.78, 5) is 33.5. The van der Waals surface area contributed by atoms with E-state index in [1.807, 2.05) is 14.0 Å². The molecule has 0 bridgehead atoms. The highest BCUT2D eigenvalue weighted by Gasteiger charge is 2.21. The third kappa shape index (κ3) is 4.64. The van der Waals surface area contributed by atoms with Crippen LogP contribution in [0.5, 0.6) is 0 Å². The normalized spacial score (nSPS) is 14.8. The maximum absolute atomic E-state index is 12.7. The summed E-state index contributed by atoms with van der Waals surface area (Å²) >= 11 is 0. The summed E-state index contributed by atoms with van der Waals surface area (Å²) in [6.45, 7) is 4.86. The second kappa shape index (κ2) is 9.20. The Morgan fingerprint density at radius 1 is 1.20 bits per heavy atom. The molecule has 2 aromatic rings. The van der Waals surface area contributed by atoms with Crippen LogP contribution in [0.2, 0.25) is 0 Å². The number of nitriles is 1. The fraction of sp³-hybridized carbons (Fsp3) is 0.273. The number of benzene rings is 1. The van der Waals surface area contributed by atoms with E-state index < -0.39 is 5.91 Å². The first-order valence-corrected chi connectivity index (χ1v) is 9.61. The van der Waals surface area contributed by atoms with Gasteiger partial charge in [-0.2, -0.15) is 5.26 Å². The molecule has 1 aromatic heterocycles. The van der Waals surface area contributed by atoms with Gasteiger partial charge in [-0.1, -0.05) is 6.07 Å². The fourth-order valence-corrected chi connectivity index (χ4v) is 3.29. The van der Waals surface area contributed by atoms with Gasteiger partial charge in [0.2, 0.25) is 0 Å². The summed E-state index contributed by atoms with van der Waals surface area (Å²) in [6.07, 6.45) is 2.70. The molecule has 3 N–H and O–H groups in total. The summed E-state index contributed by atoms with van der Waals surface area (Å²) in [5.41, 5.74) is 8.36. The minimum atomic E-state index is -0.420. The number of nitrogens with two attached hydrogens (primary N) is 1. The average molecular weight is 404 g/mol. The van der Waals surface area contributed by atoms with E-state index in [-0.39, 0.29) is 11.5 Å². The molecule has 1 fully saturated rings. The highest BCUT2D eigenvalue weighted by Crippen LogP contribution is 2.21. The summed E-state index contributed by atoms with van der Waals surface area (Å²) in [5.74, 6) is -0.166. The van der Waals surface area contributed by atoms with Crippen molar-refractivity contribution < 1.29 is 9.59 Å². The van der Waals surface area contributed by atoms with Crippen molar-refractivity contribution in [1.82, 2.24) is 14.8 Å². The van der Waals surface area contributed by atoms with Gasteiger partial charge >= 0.3 is 0 Å². The predicted octanol–water partition coefficient (Wildman–Crippen LogP) is 1.59. The molecule has 1 saturated heterocycles.